The van der Waals surface area contributed by atoms with Crippen molar-refractivity contribution in [3.05, 3.63) is 10.5 Å². The van der Waals surface area contributed by atoms with Crippen molar-refractivity contribution in [2.24, 2.45) is 7.05 Å². The van der Waals surface area contributed by atoms with Crippen molar-refractivity contribution in [3.63, 3.8) is 0 Å². The Kier molecular flexibility index (Phi) is 2.96. The third kappa shape index (κ3) is 1.92. The number of imidazole rings is 1. The van der Waals surface area contributed by atoms with Crippen LogP contribution in [0.2, 0.25) is 0 Å². The van der Waals surface area contributed by atoms with E-state index in [1.54, 1.807) is 6.92 Å². The van der Waals surface area contributed by atoms with E-state index in [2.05, 4.69) is 10.1 Å². The van der Waals surface area contributed by atoms with Gasteiger partial charge in [-0.05, 0) is 19.1 Å². The van der Waals surface area contributed by atoms with E-state index >= 15 is 0 Å². The van der Waals surface area contributed by atoms with Gasteiger partial charge in [-0.1, -0.05) is 0 Å². The molecule has 0 saturated heterocycles. The largest absolute Gasteiger partial charge is 0.328 e. The van der Waals surface area contributed by atoms with Crippen LogP contribution in [0.15, 0.2) is 0 Å². The molecule has 0 amide bonds. The molecule has 0 aliphatic heterocycles. The van der Waals surface area contributed by atoms with E-state index in [1.807, 2.05) is 0 Å². The molecule has 100 valence electrons. The summed E-state index contributed by atoms with van der Waals surface area (Å²) in [6.07, 6.45) is -3.74. The maximum atomic E-state index is 13.1. The third-order valence-corrected chi connectivity index (χ3v) is 2.94. The highest BCUT2D eigenvalue weighted by Crippen LogP contribution is 2.27. The van der Waals surface area contributed by atoms with Crippen LogP contribution in [0.1, 0.15) is 5.69 Å². The van der Waals surface area contributed by atoms with Crippen LogP contribution in [0.5, 0.6) is 0 Å². The monoisotopic (exact) mass is 282 g/mol. The highest BCUT2D eigenvalue weighted by atomic mass is 32.1. The van der Waals surface area contributed by atoms with Crippen LogP contribution in [0, 0.1) is 11.7 Å². The summed E-state index contributed by atoms with van der Waals surface area (Å²) in [5.41, 5.74) is 1.32. The van der Waals surface area contributed by atoms with E-state index < -0.39 is 18.9 Å². The molecule has 4 nitrogen and oxygen atoms in total. The molecular formula is C9H10F4N4S. The lowest BCUT2D eigenvalue weighted by molar-refractivity contribution is -0.137. The van der Waals surface area contributed by atoms with Gasteiger partial charge in [-0.25, -0.2) is 8.78 Å². The Morgan fingerprint density at radius 1 is 1.44 bits per heavy atom. The van der Waals surface area contributed by atoms with E-state index in [0.717, 1.165) is 4.57 Å². The number of nitrogens with zero attached hydrogens (tertiary/aromatic N) is 3. The van der Waals surface area contributed by atoms with Gasteiger partial charge < -0.3 is 4.98 Å². The molecule has 2 rings (SSSR count). The molecule has 0 unspecified atom stereocenters. The average molecular weight is 282 g/mol. The molecule has 1 N–H and O–H groups in total. The molecule has 0 bridgehead atoms. The summed E-state index contributed by atoms with van der Waals surface area (Å²) < 4.78 is 52.9. The first-order chi connectivity index (χ1) is 8.24. The summed E-state index contributed by atoms with van der Waals surface area (Å²) in [5, 5.41) is 4.01. The smallest absolute Gasteiger partial charge is 0.325 e. The van der Waals surface area contributed by atoms with E-state index in [0.29, 0.717) is 11.2 Å². The molecule has 0 aliphatic carbocycles. The molecule has 0 aromatic carbocycles. The molecule has 0 spiro atoms. The highest BCUT2D eigenvalue weighted by Gasteiger charge is 2.41. The Bertz CT molecular complexity index is 639. The fourth-order valence-corrected chi connectivity index (χ4v) is 2.05. The van der Waals surface area contributed by atoms with Crippen molar-refractivity contribution in [1.82, 2.24) is 19.3 Å². The van der Waals surface area contributed by atoms with Gasteiger partial charge in [-0.3, -0.25) is 9.25 Å². The van der Waals surface area contributed by atoms with E-state index in [4.69, 9.17) is 12.2 Å². The Hall–Kier alpha value is -1.38. The number of hydrogen-bond acceptors (Lipinski definition) is 2. The number of fused-ring (bicyclic) bond motifs is 1. The Labute approximate surface area is 104 Å². The highest BCUT2D eigenvalue weighted by molar-refractivity contribution is 7.71. The topological polar surface area (TPSA) is 38.5 Å². The molecule has 0 fully saturated rings. The predicted molar refractivity (Wildman–Crippen MR) is 59.6 cm³/mol. The Balaban J connectivity index is 2.58. The summed E-state index contributed by atoms with van der Waals surface area (Å²) in [4.78, 5) is 2.69. The molecule has 2 aromatic rings. The first kappa shape index (κ1) is 13.1. The van der Waals surface area contributed by atoms with Crippen molar-refractivity contribution < 1.29 is 17.6 Å². The number of hydrogen-bond donors (Lipinski definition) is 1. The molecular weight excluding hydrogens is 272 g/mol. The van der Waals surface area contributed by atoms with E-state index in [-0.39, 0.29) is 10.4 Å². The summed E-state index contributed by atoms with van der Waals surface area (Å²) in [6, 6.07) is 0. The average Bonchev–Trinajstić information content (AvgIpc) is 2.68. The van der Waals surface area contributed by atoms with Crippen molar-refractivity contribution in [2.75, 3.05) is 0 Å². The van der Waals surface area contributed by atoms with Crippen LogP contribution in [-0.2, 0) is 13.6 Å². The predicted octanol–water partition coefficient (Wildman–Crippen LogP) is 2.64. The van der Waals surface area contributed by atoms with Crippen molar-refractivity contribution in [2.45, 2.75) is 25.8 Å². The van der Waals surface area contributed by atoms with Gasteiger partial charge in [-0.15, -0.1) is 0 Å². The van der Waals surface area contributed by atoms with Crippen molar-refractivity contribution in [3.8, 4) is 0 Å². The molecule has 18 heavy (non-hydrogen) atoms. The van der Waals surface area contributed by atoms with E-state index in [9.17, 15) is 17.6 Å². The second-order valence-electron chi connectivity index (χ2n) is 3.99. The van der Waals surface area contributed by atoms with Crippen LogP contribution >= 0.6 is 12.2 Å². The number of rotatable bonds is 3. The SMILES string of the molecule is Cc1nn(C)c2c1[nH]c(=S)n2CC(F)(F)C(F)F. The zero-order valence-electron chi connectivity index (χ0n) is 9.55. The van der Waals surface area contributed by atoms with Gasteiger partial charge in [0.1, 0.15) is 5.52 Å². The van der Waals surface area contributed by atoms with Gasteiger partial charge in [0.25, 0.3) is 0 Å². The lowest BCUT2D eigenvalue weighted by atomic mass is 10.3. The van der Waals surface area contributed by atoms with Crippen LogP contribution in [0.3, 0.4) is 0 Å². The first-order valence-corrected chi connectivity index (χ1v) is 5.43. The van der Waals surface area contributed by atoms with Crippen molar-refractivity contribution in [1.29, 1.82) is 0 Å². The Morgan fingerprint density at radius 2 is 2.06 bits per heavy atom. The number of aromatic nitrogens is 4. The second kappa shape index (κ2) is 4.08. The van der Waals surface area contributed by atoms with Gasteiger partial charge in [0.05, 0.1) is 12.2 Å². The number of nitrogens with one attached hydrogen (secondary N) is 1. The number of aromatic amines is 1. The van der Waals surface area contributed by atoms with Gasteiger partial charge in [0, 0.05) is 7.05 Å². The Morgan fingerprint density at radius 3 is 2.61 bits per heavy atom. The number of halogens is 4. The van der Waals surface area contributed by atoms with Gasteiger partial charge in [0.15, 0.2) is 10.4 Å². The van der Waals surface area contributed by atoms with E-state index in [1.165, 1.54) is 11.7 Å². The van der Waals surface area contributed by atoms with Gasteiger partial charge >= 0.3 is 12.3 Å². The van der Waals surface area contributed by atoms with Crippen LogP contribution in [0.4, 0.5) is 17.6 Å². The number of alkyl halides is 4. The molecule has 0 radical (unpaired) electrons. The molecule has 0 saturated carbocycles. The van der Waals surface area contributed by atoms with Gasteiger partial charge in [-0.2, -0.15) is 13.9 Å². The fraction of sp³-hybridized carbons (Fsp3) is 0.556. The lowest BCUT2D eigenvalue weighted by Gasteiger charge is -2.16. The summed E-state index contributed by atoms with van der Waals surface area (Å²) in [7, 11) is 1.54. The molecule has 0 atom stereocenters. The molecule has 2 heterocycles. The lowest BCUT2D eigenvalue weighted by Crippen LogP contribution is -2.32. The normalized spacial score (nSPS) is 12.8. The maximum absolute atomic E-state index is 13.1. The fourth-order valence-electron chi connectivity index (χ4n) is 1.80. The summed E-state index contributed by atoms with van der Waals surface area (Å²) in [5.74, 6) is -4.13. The van der Waals surface area contributed by atoms with Crippen molar-refractivity contribution >= 4 is 23.4 Å². The zero-order chi connectivity index (χ0) is 13.7. The molecule has 2 aromatic heterocycles. The maximum Gasteiger partial charge on any atom is 0.325 e. The minimum absolute atomic E-state index is 0.0265. The first-order valence-electron chi connectivity index (χ1n) is 5.02. The minimum atomic E-state index is -4.13. The molecule has 0 aliphatic rings. The standard InChI is InChI=1S/C9H10F4N4S/c1-4-5-6(16(2)15-4)17(8(18)14-5)3-9(12,13)7(10)11/h7H,3H2,1-2H3,(H,14,18). The number of aryl methyl sites for hydroxylation is 2. The molecule has 9 heteroatoms. The zero-order valence-corrected chi connectivity index (χ0v) is 10.4. The second-order valence-corrected chi connectivity index (χ2v) is 4.37. The van der Waals surface area contributed by atoms with Crippen LogP contribution in [-0.4, -0.2) is 31.7 Å². The third-order valence-electron chi connectivity index (χ3n) is 2.61. The minimum Gasteiger partial charge on any atom is -0.328 e. The summed E-state index contributed by atoms with van der Waals surface area (Å²) in [6.45, 7) is 0.492. The van der Waals surface area contributed by atoms with Crippen LogP contribution < -0.4 is 0 Å². The van der Waals surface area contributed by atoms with Crippen LogP contribution in [0.25, 0.3) is 11.2 Å². The van der Waals surface area contributed by atoms with Gasteiger partial charge in [0.2, 0.25) is 0 Å². The number of H-pyrrole nitrogens is 1. The quantitative estimate of drug-likeness (QED) is 0.694. The summed E-state index contributed by atoms with van der Waals surface area (Å²) >= 11 is 4.87.